The Kier molecular flexibility index (Phi) is 6.38. The molecule has 1 fully saturated rings. The maximum Gasteiger partial charge on any atom is 0.251 e. The molecule has 0 bridgehead atoms. The van der Waals surface area contributed by atoms with Crippen molar-refractivity contribution in [3.8, 4) is 5.75 Å². The topological polar surface area (TPSA) is 65.0 Å². The van der Waals surface area contributed by atoms with Gasteiger partial charge in [-0.05, 0) is 62.2 Å². The summed E-state index contributed by atoms with van der Waals surface area (Å²) in [5.41, 5.74) is 3.98. The Morgan fingerprint density at radius 3 is 2.67 bits per heavy atom. The predicted molar refractivity (Wildman–Crippen MR) is 128 cm³/mol. The van der Waals surface area contributed by atoms with Crippen LogP contribution in [0.3, 0.4) is 0 Å². The van der Waals surface area contributed by atoms with E-state index in [1.165, 1.54) is 0 Å². The Hall–Kier alpha value is -2.64. The number of ether oxygens (including phenoxy) is 1. The number of hydrogen-bond donors (Lipinski definition) is 2. The molecular weight excluding hydrogens is 421 g/mol. The summed E-state index contributed by atoms with van der Waals surface area (Å²) in [5.74, 6) is 0.191. The van der Waals surface area contributed by atoms with Crippen molar-refractivity contribution in [3.63, 3.8) is 0 Å². The van der Waals surface area contributed by atoms with Crippen molar-refractivity contribution in [3.05, 3.63) is 58.7 Å². The van der Waals surface area contributed by atoms with Crippen molar-refractivity contribution in [2.75, 3.05) is 38.9 Å². The zero-order valence-electron chi connectivity index (χ0n) is 20.1. The van der Waals surface area contributed by atoms with E-state index in [2.05, 4.69) is 43.1 Å². The summed E-state index contributed by atoms with van der Waals surface area (Å²) in [5, 5.41) is 13.4. The van der Waals surface area contributed by atoms with E-state index in [1.54, 1.807) is 12.1 Å². The number of nitrogens with zero attached hydrogens (tertiary/aromatic N) is 2. The Balaban J connectivity index is 1.49. The van der Waals surface area contributed by atoms with E-state index >= 15 is 0 Å². The molecule has 0 saturated carbocycles. The van der Waals surface area contributed by atoms with Gasteiger partial charge in [0.25, 0.3) is 5.91 Å². The Bertz CT molecular complexity index is 1030. The Morgan fingerprint density at radius 1 is 1.27 bits per heavy atom. The number of nitrogens with one attached hydrogen (secondary N) is 1. The van der Waals surface area contributed by atoms with Crippen LogP contribution in [0.15, 0.2) is 36.4 Å². The Morgan fingerprint density at radius 2 is 2.00 bits per heavy atom. The van der Waals surface area contributed by atoms with Gasteiger partial charge in [-0.25, -0.2) is 4.39 Å². The highest BCUT2D eigenvalue weighted by Gasteiger charge is 2.36. The summed E-state index contributed by atoms with van der Waals surface area (Å²) in [6, 6.07) is 11.4. The minimum absolute atomic E-state index is 0.111. The number of carbonyl (C=O) groups is 1. The number of anilines is 1. The maximum absolute atomic E-state index is 13.1. The van der Waals surface area contributed by atoms with Crippen molar-refractivity contribution >= 4 is 11.6 Å². The number of rotatable bonds is 7. The fraction of sp³-hybridized carbons (Fsp3) is 0.500. The summed E-state index contributed by atoms with van der Waals surface area (Å²) in [6.07, 6.45) is 0.0812. The third-order valence-corrected chi connectivity index (χ3v) is 7.08. The number of aliphatic hydroxyl groups is 1. The molecule has 2 N–H and O–H groups in total. The van der Waals surface area contributed by atoms with Gasteiger partial charge in [0.15, 0.2) is 0 Å². The lowest BCUT2D eigenvalue weighted by atomic mass is 9.86. The van der Waals surface area contributed by atoms with Crippen LogP contribution >= 0.6 is 0 Å². The number of amides is 1. The van der Waals surface area contributed by atoms with Crippen LogP contribution in [0.2, 0.25) is 0 Å². The van der Waals surface area contributed by atoms with Crippen LogP contribution in [0.4, 0.5) is 10.1 Å². The standard InChI is InChI=1S/C26H34FN3O3/c1-16(28-25(32)17-6-9-22-21(10-17)23(31)12-26(22,2)3)20-8-7-18(11-24(20)33-15-27)30-13-19(14-30)29(4)5/h6-11,16,19,23,31H,12-15H2,1-5H3,(H,28,32)/t16-,23-/m0/s1. The zero-order chi connectivity index (χ0) is 23.9. The van der Waals surface area contributed by atoms with Crippen LogP contribution in [-0.4, -0.2) is 56.0 Å². The lowest BCUT2D eigenvalue weighted by Gasteiger charge is -2.44. The number of hydrogen-bond acceptors (Lipinski definition) is 5. The minimum Gasteiger partial charge on any atom is -0.462 e. The van der Waals surface area contributed by atoms with Crippen molar-refractivity contribution < 1.29 is 19.0 Å². The van der Waals surface area contributed by atoms with E-state index in [1.807, 2.05) is 31.2 Å². The number of aliphatic hydroxyl groups excluding tert-OH is 1. The summed E-state index contributed by atoms with van der Waals surface area (Å²) in [6.45, 7) is 6.94. The molecule has 1 heterocycles. The highest BCUT2D eigenvalue weighted by atomic mass is 19.1. The van der Waals surface area contributed by atoms with Crippen molar-refractivity contribution in [2.45, 2.75) is 50.8 Å². The third-order valence-electron chi connectivity index (χ3n) is 7.08. The fourth-order valence-corrected chi connectivity index (χ4v) is 4.91. The van der Waals surface area contributed by atoms with Crippen LogP contribution in [0, 0.1) is 0 Å². The molecule has 0 spiro atoms. The van der Waals surface area contributed by atoms with Gasteiger partial charge in [0.2, 0.25) is 6.86 Å². The van der Waals surface area contributed by atoms with E-state index in [9.17, 15) is 14.3 Å². The first-order chi connectivity index (χ1) is 15.6. The summed E-state index contributed by atoms with van der Waals surface area (Å²) < 4.78 is 18.4. The van der Waals surface area contributed by atoms with Gasteiger partial charge in [-0.3, -0.25) is 4.79 Å². The third kappa shape index (κ3) is 4.57. The van der Waals surface area contributed by atoms with E-state index in [0.717, 1.165) is 35.5 Å². The van der Waals surface area contributed by atoms with Gasteiger partial charge in [0.05, 0.1) is 12.1 Å². The zero-order valence-corrected chi connectivity index (χ0v) is 20.1. The Labute approximate surface area is 195 Å². The second-order valence-electron chi connectivity index (χ2n) is 10.1. The highest BCUT2D eigenvalue weighted by Crippen LogP contribution is 2.44. The molecule has 0 unspecified atom stereocenters. The molecule has 2 aromatic rings. The molecule has 33 heavy (non-hydrogen) atoms. The molecule has 0 aromatic heterocycles. The molecule has 6 nitrogen and oxygen atoms in total. The second kappa shape index (κ2) is 8.95. The average Bonchev–Trinajstić information content (AvgIpc) is 2.95. The lowest BCUT2D eigenvalue weighted by Crippen LogP contribution is -2.57. The number of halogens is 1. The molecule has 4 rings (SSSR count). The van der Waals surface area contributed by atoms with Crippen LogP contribution < -0.4 is 15.0 Å². The summed E-state index contributed by atoms with van der Waals surface area (Å²) in [4.78, 5) is 17.4. The highest BCUT2D eigenvalue weighted by molar-refractivity contribution is 5.95. The molecule has 2 aromatic carbocycles. The average molecular weight is 456 g/mol. The lowest BCUT2D eigenvalue weighted by molar-refractivity contribution is 0.0938. The first-order valence-electron chi connectivity index (χ1n) is 11.5. The molecule has 2 aliphatic rings. The quantitative estimate of drug-likeness (QED) is 0.662. The maximum atomic E-state index is 13.1. The van der Waals surface area contributed by atoms with Gasteiger partial charge < -0.3 is 25.0 Å². The SMILES string of the molecule is C[C@H](NC(=O)c1ccc2c(c1)[C@@H](O)CC2(C)C)c1ccc(N2CC(N(C)C)C2)cc1OCF. The predicted octanol–water partition coefficient (Wildman–Crippen LogP) is 3.95. The molecule has 1 aliphatic heterocycles. The number of benzene rings is 2. The monoisotopic (exact) mass is 455 g/mol. The fourth-order valence-electron chi connectivity index (χ4n) is 4.91. The molecule has 1 amide bonds. The molecule has 2 atom stereocenters. The van der Waals surface area contributed by atoms with Crippen molar-refractivity contribution in [1.29, 1.82) is 0 Å². The summed E-state index contributed by atoms with van der Waals surface area (Å²) >= 11 is 0. The first-order valence-corrected chi connectivity index (χ1v) is 11.5. The summed E-state index contributed by atoms with van der Waals surface area (Å²) in [7, 11) is 4.13. The molecule has 7 heteroatoms. The molecule has 178 valence electrons. The van der Waals surface area contributed by atoms with Gasteiger partial charge in [-0.2, -0.15) is 0 Å². The van der Waals surface area contributed by atoms with Crippen LogP contribution in [0.1, 0.15) is 66.4 Å². The van der Waals surface area contributed by atoms with Crippen molar-refractivity contribution in [2.24, 2.45) is 0 Å². The van der Waals surface area contributed by atoms with Crippen LogP contribution in [0.25, 0.3) is 0 Å². The second-order valence-corrected chi connectivity index (χ2v) is 10.1. The van der Waals surface area contributed by atoms with Gasteiger partial charge >= 0.3 is 0 Å². The van der Waals surface area contributed by atoms with Gasteiger partial charge in [-0.1, -0.05) is 26.0 Å². The van der Waals surface area contributed by atoms with E-state index in [-0.39, 0.29) is 17.4 Å². The van der Waals surface area contributed by atoms with Crippen LogP contribution in [0.5, 0.6) is 5.75 Å². The van der Waals surface area contributed by atoms with E-state index in [0.29, 0.717) is 23.8 Å². The van der Waals surface area contributed by atoms with Gasteiger partial charge in [-0.15, -0.1) is 0 Å². The molecule has 1 saturated heterocycles. The number of likely N-dealkylation sites (N-methyl/N-ethyl adjacent to an activating group) is 1. The van der Waals surface area contributed by atoms with E-state index < -0.39 is 13.0 Å². The number of carbonyl (C=O) groups excluding carboxylic acids is 1. The van der Waals surface area contributed by atoms with E-state index in [4.69, 9.17) is 4.74 Å². The normalized spacial score (nSPS) is 20.4. The smallest absolute Gasteiger partial charge is 0.251 e. The first kappa shape index (κ1) is 23.5. The molecular formula is C26H34FN3O3. The minimum atomic E-state index is -0.935. The largest absolute Gasteiger partial charge is 0.462 e. The van der Waals surface area contributed by atoms with Gasteiger partial charge in [0, 0.05) is 42.0 Å². The number of alkyl halides is 1. The van der Waals surface area contributed by atoms with Gasteiger partial charge in [0.1, 0.15) is 5.75 Å². The number of fused-ring (bicyclic) bond motifs is 1. The molecule has 1 aliphatic carbocycles. The van der Waals surface area contributed by atoms with Crippen LogP contribution in [-0.2, 0) is 5.41 Å². The molecule has 0 radical (unpaired) electrons. The van der Waals surface area contributed by atoms with Crippen molar-refractivity contribution in [1.82, 2.24) is 10.2 Å².